The number of aliphatic carboxylic acids is 1. The number of amides is 1. The van der Waals surface area contributed by atoms with Crippen molar-refractivity contribution in [3.05, 3.63) is 12.2 Å². The number of aromatic nitrogens is 3. The molecule has 1 atom stereocenters. The monoisotopic (exact) mass is 226 g/mol. The fourth-order valence-electron chi connectivity index (χ4n) is 1.21. The summed E-state index contributed by atoms with van der Waals surface area (Å²) in [6.07, 6.45) is 3.22. The summed E-state index contributed by atoms with van der Waals surface area (Å²) in [6.45, 7) is 1.96. The molecule has 0 radical (unpaired) electrons. The summed E-state index contributed by atoms with van der Waals surface area (Å²) in [7, 11) is 0. The molecule has 0 spiro atoms. The van der Waals surface area contributed by atoms with E-state index in [0.717, 1.165) is 12.8 Å². The number of carboxylic acid groups (broad SMARTS) is 1. The number of rotatable bonds is 6. The van der Waals surface area contributed by atoms with Gasteiger partial charge in [-0.15, -0.1) is 0 Å². The molecule has 0 bridgehead atoms. The van der Waals surface area contributed by atoms with Crippen molar-refractivity contribution in [2.24, 2.45) is 0 Å². The number of hydrogen-bond donors (Lipinski definition) is 3. The Morgan fingerprint density at radius 1 is 1.62 bits per heavy atom. The minimum Gasteiger partial charge on any atom is -0.480 e. The van der Waals surface area contributed by atoms with Gasteiger partial charge in [-0.05, 0) is 6.42 Å². The van der Waals surface area contributed by atoms with E-state index in [0.29, 0.717) is 6.42 Å². The van der Waals surface area contributed by atoms with E-state index in [1.54, 1.807) is 0 Å². The van der Waals surface area contributed by atoms with E-state index in [1.807, 2.05) is 6.92 Å². The highest BCUT2D eigenvalue weighted by Gasteiger charge is 2.20. The van der Waals surface area contributed by atoms with Crippen molar-refractivity contribution in [3.63, 3.8) is 0 Å². The van der Waals surface area contributed by atoms with Crippen LogP contribution < -0.4 is 5.32 Å². The zero-order valence-electron chi connectivity index (χ0n) is 8.93. The predicted molar refractivity (Wildman–Crippen MR) is 54.8 cm³/mol. The van der Waals surface area contributed by atoms with Crippen LogP contribution in [0, 0.1) is 0 Å². The van der Waals surface area contributed by atoms with Crippen molar-refractivity contribution < 1.29 is 14.7 Å². The lowest BCUT2D eigenvalue weighted by Crippen LogP contribution is -2.41. The summed E-state index contributed by atoms with van der Waals surface area (Å²) >= 11 is 0. The summed E-state index contributed by atoms with van der Waals surface area (Å²) in [6, 6.07) is -0.877. The van der Waals surface area contributed by atoms with Gasteiger partial charge in [0.25, 0.3) is 5.91 Å². The minimum atomic E-state index is -1.04. The van der Waals surface area contributed by atoms with E-state index >= 15 is 0 Å². The lowest BCUT2D eigenvalue weighted by Gasteiger charge is -2.12. The average Bonchev–Trinajstić information content (AvgIpc) is 2.76. The number of nitrogens with zero attached hydrogens (tertiary/aromatic N) is 2. The molecule has 0 unspecified atom stereocenters. The van der Waals surface area contributed by atoms with Gasteiger partial charge in [0.15, 0.2) is 0 Å². The second kappa shape index (κ2) is 5.84. The fourth-order valence-corrected chi connectivity index (χ4v) is 1.21. The molecule has 0 aromatic carbocycles. The fraction of sp³-hybridized carbons (Fsp3) is 0.556. The summed E-state index contributed by atoms with van der Waals surface area (Å²) in [5.74, 6) is -1.58. The van der Waals surface area contributed by atoms with Gasteiger partial charge in [0, 0.05) is 0 Å². The minimum absolute atomic E-state index is 0.0164. The molecule has 0 aliphatic rings. The van der Waals surface area contributed by atoms with Crippen molar-refractivity contribution in [3.8, 4) is 0 Å². The maximum atomic E-state index is 11.5. The Kier molecular flexibility index (Phi) is 4.43. The SMILES string of the molecule is CCCC[C@H](NC(=O)c1ncn[nH]1)C(=O)O. The predicted octanol–water partition coefficient (Wildman–Crippen LogP) is 0.178. The Balaban J connectivity index is 2.54. The lowest BCUT2D eigenvalue weighted by molar-refractivity contribution is -0.139. The summed E-state index contributed by atoms with van der Waals surface area (Å²) in [4.78, 5) is 26.0. The van der Waals surface area contributed by atoms with E-state index in [2.05, 4.69) is 20.5 Å². The molecule has 1 amide bonds. The first-order chi connectivity index (χ1) is 7.65. The topological polar surface area (TPSA) is 108 Å². The second-order valence-electron chi connectivity index (χ2n) is 3.34. The first-order valence-electron chi connectivity index (χ1n) is 5.04. The molecular weight excluding hydrogens is 212 g/mol. The van der Waals surface area contributed by atoms with Crippen molar-refractivity contribution in [2.75, 3.05) is 0 Å². The summed E-state index contributed by atoms with van der Waals surface area (Å²) in [5.41, 5.74) is 0. The largest absolute Gasteiger partial charge is 0.480 e. The molecule has 7 nitrogen and oxygen atoms in total. The van der Waals surface area contributed by atoms with Crippen LogP contribution in [0.5, 0.6) is 0 Å². The zero-order chi connectivity index (χ0) is 12.0. The summed E-state index contributed by atoms with van der Waals surface area (Å²) < 4.78 is 0. The van der Waals surface area contributed by atoms with Crippen LogP contribution in [0.3, 0.4) is 0 Å². The molecule has 0 fully saturated rings. The summed E-state index contributed by atoms with van der Waals surface area (Å²) in [5, 5.41) is 17.2. The van der Waals surface area contributed by atoms with Crippen LogP contribution in [0.2, 0.25) is 0 Å². The van der Waals surface area contributed by atoms with Crippen LogP contribution in [0.4, 0.5) is 0 Å². The van der Waals surface area contributed by atoms with Gasteiger partial charge >= 0.3 is 5.97 Å². The number of carboxylic acids is 1. The van der Waals surface area contributed by atoms with Gasteiger partial charge in [0.05, 0.1) is 0 Å². The van der Waals surface area contributed by atoms with E-state index in [9.17, 15) is 9.59 Å². The van der Waals surface area contributed by atoms with Gasteiger partial charge in [0.1, 0.15) is 12.4 Å². The Labute approximate surface area is 92.3 Å². The maximum absolute atomic E-state index is 11.5. The Morgan fingerprint density at radius 3 is 2.88 bits per heavy atom. The first kappa shape index (κ1) is 12.2. The van der Waals surface area contributed by atoms with Gasteiger partial charge in [0.2, 0.25) is 5.82 Å². The van der Waals surface area contributed by atoms with E-state index in [4.69, 9.17) is 5.11 Å². The van der Waals surface area contributed by atoms with Crippen LogP contribution in [-0.2, 0) is 4.79 Å². The first-order valence-corrected chi connectivity index (χ1v) is 5.04. The number of aromatic amines is 1. The van der Waals surface area contributed by atoms with Gasteiger partial charge in [-0.1, -0.05) is 19.8 Å². The van der Waals surface area contributed by atoms with Crippen LogP contribution in [-0.4, -0.2) is 38.2 Å². The molecular formula is C9H14N4O3. The Bertz CT molecular complexity index is 350. The molecule has 0 saturated carbocycles. The third-order valence-corrected chi connectivity index (χ3v) is 2.08. The van der Waals surface area contributed by atoms with Gasteiger partial charge in [-0.25, -0.2) is 9.78 Å². The number of carbonyl (C=O) groups excluding carboxylic acids is 1. The van der Waals surface area contributed by atoms with Crippen molar-refractivity contribution in [1.29, 1.82) is 0 Å². The molecule has 16 heavy (non-hydrogen) atoms. The highest BCUT2D eigenvalue weighted by atomic mass is 16.4. The molecule has 7 heteroatoms. The van der Waals surface area contributed by atoms with E-state index < -0.39 is 17.9 Å². The molecule has 0 saturated heterocycles. The van der Waals surface area contributed by atoms with E-state index in [-0.39, 0.29) is 5.82 Å². The van der Waals surface area contributed by atoms with Gasteiger partial charge < -0.3 is 10.4 Å². The molecule has 88 valence electrons. The highest BCUT2D eigenvalue weighted by Crippen LogP contribution is 2.01. The molecule has 3 N–H and O–H groups in total. The number of carbonyl (C=O) groups is 2. The van der Waals surface area contributed by atoms with Crippen molar-refractivity contribution in [1.82, 2.24) is 20.5 Å². The molecule has 0 aliphatic heterocycles. The molecule has 1 aromatic heterocycles. The number of hydrogen-bond acceptors (Lipinski definition) is 4. The highest BCUT2D eigenvalue weighted by molar-refractivity contribution is 5.93. The number of nitrogens with one attached hydrogen (secondary N) is 2. The van der Waals surface area contributed by atoms with Gasteiger partial charge in [-0.2, -0.15) is 5.10 Å². The number of unbranched alkanes of at least 4 members (excludes halogenated alkanes) is 1. The molecule has 1 aromatic rings. The quantitative estimate of drug-likeness (QED) is 0.641. The van der Waals surface area contributed by atoms with Crippen LogP contribution in [0.1, 0.15) is 36.8 Å². The second-order valence-corrected chi connectivity index (χ2v) is 3.34. The third-order valence-electron chi connectivity index (χ3n) is 2.08. The van der Waals surface area contributed by atoms with Crippen molar-refractivity contribution in [2.45, 2.75) is 32.2 Å². The molecule has 0 aliphatic carbocycles. The Hall–Kier alpha value is -1.92. The van der Waals surface area contributed by atoms with Gasteiger partial charge in [-0.3, -0.25) is 9.89 Å². The van der Waals surface area contributed by atoms with Crippen molar-refractivity contribution >= 4 is 11.9 Å². The Morgan fingerprint density at radius 2 is 2.38 bits per heavy atom. The van der Waals surface area contributed by atoms with Crippen LogP contribution >= 0.6 is 0 Å². The van der Waals surface area contributed by atoms with Crippen LogP contribution in [0.25, 0.3) is 0 Å². The maximum Gasteiger partial charge on any atom is 0.326 e. The zero-order valence-corrected chi connectivity index (χ0v) is 8.93. The molecule has 1 rings (SSSR count). The standard InChI is InChI=1S/C9H14N4O3/c1-2-3-4-6(9(15)16)12-8(14)7-10-5-11-13-7/h5-6H,2-4H2,1H3,(H,12,14)(H,15,16)(H,10,11,13)/t6-/m0/s1. The molecule has 1 heterocycles. The normalized spacial score (nSPS) is 12.1. The van der Waals surface area contributed by atoms with E-state index in [1.165, 1.54) is 6.33 Å². The third kappa shape index (κ3) is 3.34. The average molecular weight is 226 g/mol. The number of H-pyrrole nitrogens is 1. The van der Waals surface area contributed by atoms with Crippen LogP contribution in [0.15, 0.2) is 6.33 Å². The lowest BCUT2D eigenvalue weighted by atomic mass is 10.1. The smallest absolute Gasteiger partial charge is 0.326 e.